The lowest BCUT2D eigenvalue weighted by atomic mass is 9.72. The predicted octanol–water partition coefficient (Wildman–Crippen LogP) is 2.85. The van der Waals surface area contributed by atoms with Crippen LogP contribution in [-0.2, 0) is 15.1 Å². The van der Waals surface area contributed by atoms with E-state index < -0.39 is 11.5 Å². The summed E-state index contributed by atoms with van der Waals surface area (Å²) in [6.07, 6.45) is 3.47. The normalized spacial score (nSPS) is 29.5. The first kappa shape index (κ1) is 13.1. The van der Waals surface area contributed by atoms with Gasteiger partial charge in [-0.25, -0.2) is 0 Å². The number of hydrogen-bond acceptors (Lipinski definition) is 4. The number of para-hydroxylation sites is 1. The molecule has 2 aliphatic heterocycles. The maximum atomic E-state index is 12.8. The number of benzene rings is 1. The number of rotatable bonds is 0. The molecule has 1 aliphatic carbocycles. The number of fused-ring (bicyclic) bond motifs is 3. The third kappa shape index (κ3) is 1.47. The van der Waals surface area contributed by atoms with Crippen LogP contribution in [0.15, 0.2) is 35.4 Å². The zero-order valence-corrected chi connectivity index (χ0v) is 12.0. The fourth-order valence-corrected chi connectivity index (χ4v) is 3.86. The molecule has 0 fully saturated rings. The molecule has 22 heavy (non-hydrogen) atoms. The van der Waals surface area contributed by atoms with E-state index in [1.54, 1.807) is 0 Å². The number of nitrogens with one attached hydrogen (secondary N) is 2. The second kappa shape index (κ2) is 4.44. The lowest BCUT2D eigenvalue weighted by Gasteiger charge is -2.40. The molecule has 2 N–H and O–H groups in total. The molecule has 5 nitrogen and oxygen atoms in total. The van der Waals surface area contributed by atoms with Crippen LogP contribution in [0, 0.1) is 22.7 Å². The van der Waals surface area contributed by atoms with Gasteiger partial charge in [-0.2, -0.15) is 5.26 Å². The summed E-state index contributed by atoms with van der Waals surface area (Å²) in [4.78, 5) is 12.8. The molecule has 0 saturated heterocycles. The van der Waals surface area contributed by atoms with Crippen LogP contribution in [0.4, 0.5) is 5.69 Å². The fraction of sp³-hybridized carbons (Fsp3) is 0.353. The average molecular weight is 293 g/mol. The van der Waals surface area contributed by atoms with E-state index in [0.717, 1.165) is 48.1 Å². The standard InChI is InChI=1S/C17H15N3O2/c18-9-11-10-5-1-2-6-12(10)17(22-15(11)19)13-7-3-4-8-14(13)20-16(17)21/h3-4,7-8,11,19H,1-2,5-6H2,(H,20,21). The van der Waals surface area contributed by atoms with E-state index in [2.05, 4.69) is 11.4 Å². The summed E-state index contributed by atoms with van der Waals surface area (Å²) in [5.41, 5.74) is 2.06. The minimum Gasteiger partial charge on any atom is -0.454 e. The number of hydrogen-bond donors (Lipinski definition) is 2. The smallest absolute Gasteiger partial charge is 0.277 e. The van der Waals surface area contributed by atoms with Crippen molar-refractivity contribution in [3.63, 3.8) is 0 Å². The van der Waals surface area contributed by atoms with Gasteiger partial charge in [0.25, 0.3) is 5.91 Å². The van der Waals surface area contributed by atoms with Gasteiger partial charge >= 0.3 is 0 Å². The lowest BCUT2D eigenvalue weighted by Crippen LogP contribution is -2.47. The molecule has 2 unspecified atom stereocenters. The van der Waals surface area contributed by atoms with E-state index in [1.165, 1.54) is 0 Å². The number of amides is 1. The molecule has 0 aromatic heterocycles. The molecular formula is C17H15N3O2. The molecule has 1 amide bonds. The number of nitriles is 1. The minimum atomic E-state index is -1.24. The van der Waals surface area contributed by atoms with Gasteiger partial charge in [-0.1, -0.05) is 18.2 Å². The summed E-state index contributed by atoms with van der Waals surface area (Å²) >= 11 is 0. The van der Waals surface area contributed by atoms with Crippen molar-refractivity contribution in [3.05, 3.63) is 41.0 Å². The number of ether oxygens (including phenoxy) is 1. The van der Waals surface area contributed by atoms with Crippen molar-refractivity contribution < 1.29 is 9.53 Å². The fourth-order valence-electron chi connectivity index (χ4n) is 3.86. The Bertz CT molecular complexity index is 774. The Morgan fingerprint density at radius 3 is 2.91 bits per heavy atom. The Kier molecular flexibility index (Phi) is 2.64. The molecule has 0 bridgehead atoms. The van der Waals surface area contributed by atoms with Crippen molar-refractivity contribution in [3.8, 4) is 6.07 Å². The van der Waals surface area contributed by atoms with Gasteiger partial charge in [0.2, 0.25) is 11.5 Å². The third-order valence-electron chi connectivity index (χ3n) is 4.81. The summed E-state index contributed by atoms with van der Waals surface area (Å²) in [5.74, 6) is -1.01. The monoisotopic (exact) mass is 293 g/mol. The Hall–Kier alpha value is -2.61. The zero-order valence-electron chi connectivity index (χ0n) is 12.0. The van der Waals surface area contributed by atoms with Crippen molar-refractivity contribution >= 4 is 17.5 Å². The largest absolute Gasteiger partial charge is 0.454 e. The summed E-state index contributed by atoms with van der Waals surface area (Å²) in [5, 5.41) is 20.4. The van der Waals surface area contributed by atoms with Crippen LogP contribution in [-0.4, -0.2) is 11.8 Å². The van der Waals surface area contributed by atoms with Crippen molar-refractivity contribution in [2.75, 3.05) is 5.32 Å². The predicted molar refractivity (Wildman–Crippen MR) is 80.2 cm³/mol. The highest BCUT2D eigenvalue weighted by molar-refractivity contribution is 6.09. The first-order chi connectivity index (χ1) is 10.7. The molecule has 2 heterocycles. The van der Waals surface area contributed by atoms with Crippen LogP contribution in [0.3, 0.4) is 0 Å². The SMILES string of the molecule is N#CC1C(=N)OC2(C(=O)Nc3ccccc32)C2=C1CCCC2. The van der Waals surface area contributed by atoms with Crippen LogP contribution < -0.4 is 5.32 Å². The Balaban J connectivity index is 2.01. The van der Waals surface area contributed by atoms with E-state index in [-0.39, 0.29) is 11.8 Å². The topological polar surface area (TPSA) is 86.0 Å². The molecule has 1 aromatic carbocycles. The van der Waals surface area contributed by atoms with Crippen molar-refractivity contribution in [1.82, 2.24) is 0 Å². The van der Waals surface area contributed by atoms with Gasteiger partial charge in [-0.15, -0.1) is 0 Å². The van der Waals surface area contributed by atoms with Crippen LogP contribution in [0.5, 0.6) is 0 Å². The highest BCUT2D eigenvalue weighted by Gasteiger charge is 2.57. The first-order valence-electron chi connectivity index (χ1n) is 7.49. The molecule has 3 aliphatic rings. The number of nitrogens with zero attached hydrogens (tertiary/aromatic N) is 1. The molecule has 1 spiro atoms. The molecule has 0 radical (unpaired) electrons. The molecule has 1 aromatic rings. The van der Waals surface area contributed by atoms with Crippen molar-refractivity contribution in [1.29, 1.82) is 10.7 Å². The second-order valence-corrected chi connectivity index (χ2v) is 5.92. The van der Waals surface area contributed by atoms with Crippen molar-refractivity contribution in [2.45, 2.75) is 31.3 Å². The maximum absolute atomic E-state index is 12.8. The van der Waals surface area contributed by atoms with E-state index >= 15 is 0 Å². The summed E-state index contributed by atoms with van der Waals surface area (Å²) < 4.78 is 5.84. The van der Waals surface area contributed by atoms with Gasteiger partial charge in [0.1, 0.15) is 5.92 Å². The van der Waals surface area contributed by atoms with Gasteiger partial charge in [0, 0.05) is 11.3 Å². The highest BCUT2D eigenvalue weighted by atomic mass is 16.5. The average Bonchev–Trinajstić information content (AvgIpc) is 2.81. The second-order valence-electron chi connectivity index (χ2n) is 5.92. The molecule has 4 rings (SSSR count). The molecule has 5 heteroatoms. The zero-order chi connectivity index (χ0) is 15.3. The molecular weight excluding hydrogens is 278 g/mol. The summed E-state index contributed by atoms with van der Waals surface area (Å²) in [6.45, 7) is 0. The van der Waals surface area contributed by atoms with Gasteiger partial charge in [0.05, 0.1) is 6.07 Å². The third-order valence-corrected chi connectivity index (χ3v) is 4.81. The van der Waals surface area contributed by atoms with E-state index in [9.17, 15) is 10.1 Å². The Morgan fingerprint density at radius 2 is 2.09 bits per heavy atom. The summed E-state index contributed by atoms with van der Waals surface area (Å²) in [7, 11) is 0. The van der Waals surface area contributed by atoms with Crippen LogP contribution in [0.1, 0.15) is 31.2 Å². The van der Waals surface area contributed by atoms with Crippen LogP contribution in [0.2, 0.25) is 0 Å². The molecule has 2 atom stereocenters. The molecule has 110 valence electrons. The number of anilines is 1. The van der Waals surface area contributed by atoms with Gasteiger partial charge < -0.3 is 10.1 Å². The quantitative estimate of drug-likeness (QED) is 0.721. The van der Waals surface area contributed by atoms with Gasteiger partial charge in [-0.3, -0.25) is 10.2 Å². The maximum Gasteiger partial charge on any atom is 0.277 e. The van der Waals surface area contributed by atoms with Crippen LogP contribution >= 0.6 is 0 Å². The first-order valence-corrected chi connectivity index (χ1v) is 7.49. The van der Waals surface area contributed by atoms with Crippen LogP contribution in [0.25, 0.3) is 0 Å². The number of carbonyl (C=O) groups excluding carboxylic acids is 1. The van der Waals surface area contributed by atoms with E-state index in [0.29, 0.717) is 0 Å². The molecule has 0 saturated carbocycles. The minimum absolute atomic E-state index is 0.116. The van der Waals surface area contributed by atoms with Gasteiger partial charge in [-0.05, 0) is 42.9 Å². The Labute approximate surface area is 128 Å². The van der Waals surface area contributed by atoms with E-state index in [4.69, 9.17) is 10.1 Å². The van der Waals surface area contributed by atoms with Crippen molar-refractivity contribution in [2.24, 2.45) is 5.92 Å². The summed E-state index contributed by atoms with van der Waals surface area (Å²) in [6, 6.07) is 9.60. The van der Waals surface area contributed by atoms with E-state index in [1.807, 2.05) is 24.3 Å². The number of carbonyl (C=O) groups is 1. The lowest BCUT2D eigenvalue weighted by molar-refractivity contribution is -0.129. The Morgan fingerprint density at radius 1 is 1.32 bits per heavy atom. The highest BCUT2D eigenvalue weighted by Crippen LogP contribution is 2.52. The van der Waals surface area contributed by atoms with Gasteiger partial charge in [0.15, 0.2) is 0 Å².